The molecular formula is C11H17NO5S. The predicted molar refractivity (Wildman–Crippen MR) is 65.8 cm³/mol. The number of hydrogen-bond acceptors (Lipinski definition) is 4. The van der Waals surface area contributed by atoms with Gasteiger partial charge >= 0.3 is 5.97 Å². The number of carbonyl (C=O) groups excluding carboxylic acids is 1. The van der Waals surface area contributed by atoms with Crippen molar-refractivity contribution in [3.8, 4) is 0 Å². The van der Waals surface area contributed by atoms with Gasteiger partial charge in [0.25, 0.3) is 0 Å². The van der Waals surface area contributed by atoms with Gasteiger partial charge in [0, 0.05) is 12.5 Å². The number of carboxylic acid groups (broad SMARTS) is 1. The number of hydrogen-bond donors (Lipinski definition) is 1. The molecule has 0 bridgehead atoms. The van der Waals surface area contributed by atoms with E-state index in [1.165, 1.54) is 0 Å². The largest absolute Gasteiger partial charge is 0.480 e. The van der Waals surface area contributed by atoms with E-state index in [1.807, 2.05) is 0 Å². The molecule has 1 aliphatic rings. The zero-order chi connectivity index (χ0) is 13.8. The van der Waals surface area contributed by atoms with Crippen LogP contribution >= 0.6 is 0 Å². The van der Waals surface area contributed by atoms with E-state index in [0.717, 1.165) is 4.90 Å². The van der Waals surface area contributed by atoms with Gasteiger partial charge in [0.05, 0.1) is 11.5 Å². The number of carboxylic acids is 1. The monoisotopic (exact) mass is 275 g/mol. The first-order valence-electron chi connectivity index (χ1n) is 5.68. The van der Waals surface area contributed by atoms with E-state index in [1.54, 1.807) is 6.08 Å². The molecule has 1 heterocycles. The number of carbonyl (C=O) groups is 2. The van der Waals surface area contributed by atoms with Crippen molar-refractivity contribution < 1.29 is 23.1 Å². The molecule has 102 valence electrons. The van der Waals surface area contributed by atoms with Crippen LogP contribution in [0.4, 0.5) is 0 Å². The van der Waals surface area contributed by atoms with Crippen molar-refractivity contribution in [1.29, 1.82) is 0 Å². The standard InChI is InChI=1S/C11H17NO5S/c1-2-3-4-10(13)12(7-11(14)15)9-5-6-18(16,17)8-9/h2,9H,1,3-8H2,(H,14,15). The van der Waals surface area contributed by atoms with Crippen molar-refractivity contribution in [3.05, 3.63) is 12.7 Å². The van der Waals surface area contributed by atoms with E-state index in [0.29, 0.717) is 12.8 Å². The molecule has 1 atom stereocenters. The third-order valence-corrected chi connectivity index (χ3v) is 4.59. The van der Waals surface area contributed by atoms with Gasteiger partial charge in [0.1, 0.15) is 6.54 Å². The third kappa shape index (κ3) is 4.14. The zero-order valence-corrected chi connectivity index (χ0v) is 10.9. The first-order chi connectivity index (χ1) is 8.35. The highest BCUT2D eigenvalue weighted by atomic mass is 32.2. The first kappa shape index (κ1) is 14.7. The smallest absolute Gasteiger partial charge is 0.323 e. The maximum Gasteiger partial charge on any atom is 0.323 e. The zero-order valence-electron chi connectivity index (χ0n) is 10.0. The molecule has 1 unspecified atom stereocenters. The molecule has 0 radical (unpaired) electrons. The molecule has 1 N–H and O–H groups in total. The van der Waals surface area contributed by atoms with Crippen LogP contribution in [0.25, 0.3) is 0 Å². The van der Waals surface area contributed by atoms with Crippen molar-refractivity contribution in [2.45, 2.75) is 25.3 Å². The summed E-state index contributed by atoms with van der Waals surface area (Å²) < 4.78 is 22.7. The maximum atomic E-state index is 11.9. The molecular weight excluding hydrogens is 258 g/mol. The van der Waals surface area contributed by atoms with Gasteiger partial charge < -0.3 is 10.0 Å². The van der Waals surface area contributed by atoms with Gasteiger partial charge in [0.2, 0.25) is 5.91 Å². The fraction of sp³-hybridized carbons (Fsp3) is 0.636. The van der Waals surface area contributed by atoms with Crippen LogP contribution in [0.15, 0.2) is 12.7 Å². The highest BCUT2D eigenvalue weighted by molar-refractivity contribution is 7.91. The molecule has 0 aromatic rings. The number of nitrogens with zero attached hydrogens (tertiary/aromatic N) is 1. The molecule has 1 rings (SSSR count). The van der Waals surface area contributed by atoms with E-state index in [2.05, 4.69) is 6.58 Å². The van der Waals surface area contributed by atoms with Crippen LogP contribution in [0.1, 0.15) is 19.3 Å². The van der Waals surface area contributed by atoms with Crippen LogP contribution in [0.2, 0.25) is 0 Å². The van der Waals surface area contributed by atoms with Crippen LogP contribution in [-0.2, 0) is 19.4 Å². The minimum atomic E-state index is -3.14. The van der Waals surface area contributed by atoms with Gasteiger partial charge in [-0.3, -0.25) is 9.59 Å². The van der Waals surface area contributed by atoms with E-state index >= 15 is 0 Å². The fourth-order valence-electron chi connectivity index (χ4n) is 1.96. The van der Waals surface area contributed by atoms with Crippen molar-refractivity contribution in [2.24, 2.45) is 0 Å². The molecule has 0 aromatic heterocycles. The second kappa shape index (κ2) is 5.99. The van der Waals surface area contributed by atoms with Crippen LogP contribution < -0.4 is 0 Å². The summed E-state index contributed by atoms with van der Waals surface area (Å²) in [5.41, 5.74) is 0. The Kier molecular flexibility index (Phi) is 4.89. The third-order valence-electron chi connectivity index (χ3n) is 2.84. The number of allylic oxidation sites excluding steroid dienone is 1. The van der Waals surface area contributed by atoms with Gasteiger partial charge in [-0.1, -0.05) is 6.08 Å². The quantitative estimate of drug-likeness (QED) is 0.692. The van der Waals surface area contributed by atoms with Crippen LogP contribution in [-0.4, -0.2) is 54.4 Å². The Labute approximate surface area is 106 Å². The van der Waals surface area contributed by atoms with Crippen molar-refractivity contribution in [1.82, 2.24) is 4.90 Å². The Morgan fingerprint density at radius 1 is 1.44 bits per heavy atom. The lowest BCUT2D eigenvalue weighted by molar-refractivity contribution is -0.145. The number of rotatable bonds is 6. The minimum absolute atomic E-state index is 0.0164. The van der Waals surface area contributed by atoms with Gasteiger partial charge in [-0.25, -0.2) is 8.42 Å². The van der Waals surface area contributed by atoms with Crippen LogP contribution in [0.3, 0.4) is 0 Å². The van der Waals surface area contributed by atoms with Gasteiger partial charge in [0.15, 0.2) is 9.84 Å². The highest BCUT2D eigenvalue weighted by Gasteiger charge is 2.35. The summed E-state index contributed by atoms with van der Waals surface area (Å²) in [6, 6.07) is -0.511. The van der Waals surface area contributed by atoms with Crippen molar-refractivity contribution in [3.63, 3.8) is 0 Å². The van der Waals surface area contributed by atoms with Gasteiger partial charge in [-0.2, -0.15) is 0 Å². The average molecular weight is 275 g/mol. The predicted octanol–water partition coefficient (Wildman–Crippen LogP) is 0.0529. The Morgan fingerprint density at radius 3 is 2.56 bits per heavy atom. The molecule has 1 saturated heterocycles. The lowest BCUT2D eigenvalue weighted by atomic mass is 10.2. The lowest BCUT2D eigenvalue weighted by Gasteiger charge is -2.26. The highest BCUT2D eigenvalue weighted by Crippen LogP contribution is 2.18. The summed E-state index contributed by atoms with van der Waals surface area (Å²) in [4.78, 5) is 23.8. The molecule has 1 aliphatic heterocycles. The summed E-state index contributed by atoms with van der Waals surface area (Å²) in [5.74, 6) is -1.59. The molecule has 0 aromatic carbocycles. The molecule has 1 fully saturated rings. The second-order valence-corrected chi connectivity index (χ2v) is 6.53. The Balaban J connectivity index is 2.75. The summed E-state index contributed by atoms with van der Waals surface area (Å²) in [6.45, 7) is 3.04. The summed E-state index contributed by atoms with van der Waals surface area (Å²) >= 11 is 0. The average Bonchev–Trinajstić information content (AvgIpc) is 2.63. The molecule has 0 saturated carbocycles. The van der Waals surface area contributed by atoms with Gasteiger partial charge in [-0.05, 0) is 12.8 Å². The maximum absolute atomic E-state index is 11.9. The molecule has 7 heteroatoms. The molecule has 0 spiro atoms. The number of amides is 1. The number of aliphatic carboxylic acids is 1. The van der Waals surface area contributed by atoms with E-state index < -0.39 is 28.4 Å². The lowest BCUT2D eigenvalue weighted by Crippen LogP contribution is -2.44. The van der Waals surface area contributed by atoms with Crippen LogP contribution in [0, 0.1) is 0 Å². The Morgan fingerprint density at radius 2 is 2.11 bits per heavy atom. The van der Waals surface area contributed by atoms with Crippen LogP contribution in [0.5, 0.6) is 0 Å². The number of sulfone groups is 1. The molecule has 0 aliphatic carbocycles. The van der Waals surface area contributed by atoms with Crippen molar-refractivity contribution in [2.75, 3.05) is 18.1 Å². The van der Waals surface area contributed by atoms with Gasteiger partial charge in [-0.15, -0.1) is 6.58 Å². The second-order valence-electron chi connectivity index (χ2n) is 4.30. The normalized spacial score (nSPS) is 21.4. The molecule has 6 nitrogen and oxygen atoms in total. The summed E-state index contributed by atoms with van der Waals surface area (Å²) in [6.07, 6.45) is 2.50. The first-order valence-corrected chi connectivity index (χ1v) is 7.50. The Bertz CT molecular complexity index is 442. The Hall–Kier alpha value is -1.37. The topological polar surface area (TPSA) is 91.8 Å². The van der Waals surface area contributed by atoms with E-state index in [4.69, 9.17) is 5.11 Å². The molecule has 18 heavy (non-hydrogen) atoms. The minimum Gasteiger partial charge on any atom is -0.480 e. The fourth-order valence-corrected chi connectivity index (χ4v) is 3.69. The van der Waals surface area contributed by atoms with Crippen molar-refractivity contribution >= 4 is 21.7 Å². The summed E-state index contributed by atoms with van der Waals surface area (Å²) in [7, 11) is -3.14. The van der Waals surface area contributed by atoms with E-state index in [-0.39, 0.29) is 23.8 Å². The van der Waals surface area contributed by atoms with E-state index in [9.17, 15) is 18.0 Å². The SMILES string of the molecule is C=CCCC(=O)N(CC(=O)O)C1CCS(=O)(=O)C1. The summed E-state index contributed by atoms with van der Waals surface area (Å²) in [5, 5.41) is 8.79. The molecule has 1 amide bonds.